The lowest BCUT2D eigenvalue weighted by Crippen LogP contribution is -2.33. The van der Waals surface area contributed by atoms with Crippen molar-refractivity contribution in [2.75, 3.05) is 32.1 Å². The van der Waals surface area contributed by atoms with E-state index in [2.05, 4.69) is 5.32 Å². The van der Waals surface area contributed by atoms with Crippen molar-refractivity contribution in [3.63, 3.8) is 0 Å². The van der Waals surface area contributed by atoms with Gasteiger partial charge in [0.25, 0.3) is 0 Å². The van der Waals surface area contributed by atoms with Gasteiger partial charge in [0.2, 0.25) is 5.91 Å². The van der Waals surface area contributed by atoms with Gasteiger partial charge in [0, 0.05) is 31.1 Å². The van der Waals surface area contributed by atoms with Gasteiger partial charge in [-0.3, -0.25) is 9.59 Å². The molecule has 1 amide bonds. The Bertz CT molecular complexity index is 522. The van der Waals surface area contributed by atoms with Gasteiger partial charge in [0.1, 0.15) is 5.75 Å². The largest absolute Gasteiger partial charge is 0.495 e. The lowest BCUT2D eigenvalue weighted by atomic mass is 10.2. The summed E-state index contributed by atoms with van der Waals surface area (Å²) in [6.07, 6.45) is 0.220. The second kappa shape index (κ2) is 9.15. The van der Waals surface area contributed by atoms with Gasteiger partial charge < -0.3 is 20.1 Å². The molecular formula is C15H21ClN2O4. The SMILES string of the molecule is CCN(CCC(=O)O)C(=O)CCNc1cc(Cl)ccc1OC. The van der Waals surface area contributed by atoms with E-state index in [1.807, 2.05) is 6.92 Å². The van der Waals surface area contributed by atoms with Crippen LogP contribution < -0.4 is 10.1 Å². The molecule has 0 fully saturated rings. The molecule has 1 aromatic carbocycles. The van der Waals surface area contributed by atoms with Gasteiger partial charge in [-0.05, 0) is 25.1 Å². The number of aliphatic carboxylic acids is 1. The average molecular weight is 329 g/mol. The van der Waals surface area contributed by atoms with Crippen LogP contribution in [0.2, 0.25) is 5.02 Å². The Balaban J connectivity index is 2.50. The van der Waals surface area contributed by atoms with Crippen molar-refractivity contribution in [2.24, 2.45) is 0 Å². The molecule has 0 radical (unpaired) electrons. The van der Waals surface area contributed by atoms with E-state index in [0.29, 0.717) is 23.9 Å². The maximum Gasteiger partial charge on any atom is 0.305 e. The van der Waals surface area contributed by atoms with E-state index in [4.69, 9.17) is 21.4 Å². The molecule has 0 saturated carbocycles. The first kappa shape index (κ1) is 18.1. The molecule has 0 atom stereocenters. The summed E-state index contributed by atoms with van der Waals surface area (Å²) < 4.78 is 5.21. The van der Waals surface area contributed by atoms with E-state index in [0.717, 1.165) is 5.69 Å². The minimum atomic E-state index is -0.909. The maximum absolute atomic E-state index is 12.0. The molecule has 0 saturated heterocycles. The quantitative estimate of drug-likeness (QED) is 0.728. The predicted molar refractivity (Wildman–Crippen MR) is 85.6 cm³/mol. The van der Waals surface area contributed by atoms with Crippen LogP contribution in [0.25, 0.3) is 0 Å². The number of carbonyl (C=O) groups excluding carboxylic acids is 1. The molecule has 0 bridgehead atoms. The summed E-state index contributed by atoms with van der Waals surface area (Å²) in [5.41, 5.74) is 0.719. The Morgan fingerprint density at radius 2 is 2.09 bits per heavy atom. The van der Waals surface area contributed by atoms with Crippen molar-refractivity contribution in [1.82, 2.24) is 4.90 Å². The number of nitrogens with zero attached hydrogens (tertiary/aromatic N) is 1. The van der Waals surface area contributed by atoms with Crippen molar-refractivity contribution in [2.45, 2.75) is 19.8 Å². The molecule has 22 heavy (non-hydrogen) atoms. The van der Waals surface area contributed by atoms with Crippen LogP contribution in [0.4, 0.5) is 5.69 Å². The summed E-state index contributed by atoms with van der Waals surface area (Å²) in [6.45, 7) is 2.96. The molecule has 0 aliphatic rings. The summed E-state index contributed by atoms with van der Waals surface area (Å²) in [7, 11) is 1.56. The number of hydrogen-bond acceptors (Lipinski definition) is 4. The first-order valence-electron chi connectivity index (χ1n) is 7.05. The van der Waals surface area contributed by atoms with Gasteiger partial charge in [-0.1, -0.05) is 11.6 Å². The molecule has 2 N–H and O–H groups in total. The first-order chi connectivity index (χ1) is 10.5. The zero-order valence-electron chi connectivity index (χ0n) is 12.8. The van der Waals surface area contributed by atoms with Gasteiger partial charge in [-0.25, -0.2) is 0 Å². The Morgan fingerprint density at radius 3 is 2.68 bits per heavy atom. The van der Waals surface area contributed by atoms with Gasteiger partial charge in [-0.2, -0.15) is 0 Å². The van der Waals surface area contributed by atoms with Crippen LogP contribution in [-0.2, 0) is 9.59 Å². The molecule has 0 aromatic heterocycles. The highest BCUT2D eigenvalue weighted by Gasteiger charge is 2.13. The van der Waals surface area contributed by atoms with Crippen LogP contribution in [0.3, 0.4) is 0 Å². The molecule has 0 unspecified atom stereocenters. The number of nitrogens with one attached hydrogen (secondary N) is 1. The molecule has 0 aliphatic carbocycles. The van der Waals surface area contributed by atoms with Crippen LogP contribution in [0.1, 0.15) is 19.8 Å². The highest BCUT2D eigenvalue weighted by molar-refractivity contribution is 6.30. The minimum absolute atomic E-state index is 0.0465. The van der Waals surface area contributed by atoms with Crippen LogP contribution in [0.5, 0.6) is 5.75 Å². The fourth-order valence-electron chi connectivity index (χ4n) is 1.97. The van der Waals surface area contributed by atoms with Crippen molar-refractivity contribution in [1.29, 1.82) is 0 Å². The Labute approximate surface area is 135 Å². The molecule has 0 spiro atoms. The Hall–Kier alpha value is -1.95. The summed E-state index contributed by atoms with van der Waals surface area (Å²) in [6, 6.07) is 5.20. The van der Waals surface area contributed by atoms with Gasteiger partial charge in [-0.15, -0.1) is 0 Å². The summed E-state index contributed by atoms with van der Waals surface area (Å²) >= 11 is 5.93. The monoisotopic (exact) mass is 328 g/mol. The lowest BCUT2D eigenvalue weighted by Gasteiger charge is -2.20. The van der Waals surface area contributed by atoms with Crippen molar-refractivity contribution in [3.8, 4) is 5.75 Å². The topological polar surface area (TPSA) is 78.9 Å². The molecule has 0 heterocycles. The van der Waals surface area contributed by atoms with Crippen molar-refractivity contribution < 1.29 is 19.4 Å². The standard InChI is InChI=1S/C15H21ClN2O4/c1-3-18(9-7-15(20)21)14(19)6-8-17-12-10-11(16)4-5-13(12)22-2/h4-5,10,17H,3,6-9H2,1-2H3,(H,20,21). The number of carboxylic acid groups (broad SMARTS) is 1. The number of ether oxygens (including phenoxy) is 1. The van der Waals surface area contributed by atoms with Crippen molar-refractivity contribution >= 4 is 29.2 Å². The number of carbonyl (C=O) groups is 2. The summed E-state index contributed by atoms with van der Waals surface area (Å²) in [4.78, 5) is 24.1. The normalized spacial score (nSPS) is 10.1. The molecule has 122 valence electrons. The van der Waals surface area contributed by atoms with E-state index in [-0.39, 0.29) is 25.3 Å². The van der Waals surface area contributed by atoms with Crippen LogP contribution in [0, 0.1) is 0 Å². The van der Waals surface area contributed by atoms with E-state index in [1.165, 1.54) is 4.90 Å². The van der Waals surface area contributed by atoms with E-state index in [1.54, 1.807) is 25.3 Å². The molecule has 6 nitrogen and oxygen atoms in total. The van der Waals surface area contributed by atoms with Crippen LogP contribution in [0.15, 0.2) is 18.2 Å². The van der Waals surface area contributed by atoms with Crippen molar-refractivity contribution in [3.05, 3.63) is 23.2 Å². The number of amides is 1. The predicted octanol–water partition coefficient (Wildman–Crippen LogP) is 2.47. The zero-order chi connectivity index (χ0) is 16.5. The van der Waals surface area contributed by atoms with Crippen LogP contribution in [-0.4, -0.2) is 48.6 Å². The van der Waals surface area contributed by atoms with E-state index < -0.39 is 5.97 Å². The third-order valence-electron chi connectivity index (χ3n) is 3.15. The number of carboxylic acids is 1. The number of rotatable bonds is 9. The van der Waals surface area contributed by atoms with Gasteiger partial charge >= 0.3 is 5.97 Å². The number of methoxy groups -OCH3 is 1. The Kier molecular flexibility index (Phi) is 7.52. The highest BCUT2D eigenvalue weighted by Crippen LogP contribution is 2.27. The zero-order valence-corrected chi connectivity index (χ0v) is 13.5. The molecule has 1 rings (SSSR count). The number of benzene rings is 1. The smallest absolute Gasteiger partial charge is 0.305 e. The molecule has 1 aromatic rings. The minimum Gasteiger partial charge on any atom is -0.495 e. The summed E-state index contributed by atoms with van der Waals surface area (Å²) in [5, 5.41) is 12.4. The van der Waals surface area contributed by atoms with E-state index >= 15 is 0 Å². The molecular weight excluding hydrogens is 308 g/mol. The van der Waals surface area contributed by atoms with Crippen LogP contribution >= 0.6 is 11.6 Å². The number of hydrogen-bond donors (Lipinski definition) is 2. The van der Waals surface area contributed by atoms with Gasteiger partial charge in [0.15, 0.2) is 0 Å². The third kappa shape index (κ3) is 5.81. The fraction of sp³-hybridized carbons (Fsp3) is 0.467. The number of halogens is 1. The fourth-order valence-corrected chi connectivity index (χ4v) is 2.14. The Morgan fingerprint density at radius 1 is 1.36 bits per heavy atom. The number of anilines is 1. The lowest BCUT2D eigenvalue weighted by molar-refractivity contribution is -0.138. The molecule has 7 heteroatoms. The maximum atomic E-state index is 12.0. The second-order valence-corrected chi connectivity index (χ2v) is 5.07. The third-order valence-corrected chi connectivity index (χ3v) is 3.38. The molecule has 0 aliphatic heterocycles. The average Bonchev–Trinajstić information content (AvgIpc) is 2.48. The highest BCUT2D eigenvalue weighted by atomic mass is 35.5. The first-order valence-corrected chi connectivity index (χ1v) is 7.42. The van der Waals surface area contributed by atoms with Gasteiger partial charge in [0.05, 0.1) is 19.2 Å². The van der Waals surface area contributed by atoms with E-state index in [9.17, 15) is 9.59 Å². The summed E-state index contributed by atoms with van der Waals surface area (Å²) in [5.74, 6) is -0.347. The second-order valence-electron chi connectivity index (χ2n) is 4.64.